The number of nitrogens with one attached hydrogen (secondary N) is 1. The third-order valence-corrected chi connectivity index (χ3v) is 5.13. The second-order valence-corrected chi connectivity index (χ2v) is 6.37. The molecule has 0 bridgehead atoms. The lowest BCUT2D eigenvalue weighted by atomic mass is 9.84. The van der Waals surface area contributed by atoms with Crippen LogP contribution in [0.3, 0.4) is 0 Å². The maximum absolute atomic E-state index is 4.44. The Morgan fingerprint density at radius 2 is 1.95 bits per heavy atom. The van der Waals surface area contributed by atoms with Gasteiger partial charge in [0.25, 0.3) is 0 Å². The molecule has 2 heterocycles. The van der Waals surface area contributed by atoms with Crippen molar-refractivity contribution in [1.29, 1.82) is 0 Å². The molecule has 1 N–H and O–H groups in total. The van der Waals surface area contributed by atoms with Crippen LogP contribution in [-0.4, -0.2) is 16.1 Å². The first-order valence-electron chi connectivity index (χ1n) is 8.11. The predicted molar refractivity (Wildman–Crippen MR) is 78.1 cm³/mol. The van der Waals surface area contributed by atoms with Crippen LogP contribution < -0.4 is 5.32 Å². The molecule has 0 aromatic carbocycles. The molecule has 0 amide bonds. The largest absolute Gasteiger partial charge is 0.330 e. The Morgan fingerprint density at radius 1 is 1.16 bits per heavy atom. The van der Waals surface area contributed by atoms with Crippen molar-refractivity contribution in [2.45, 2.75) is 70.4 Å². The summed E-state index contributed by atoms with van der Waals surface area (Å²) in [6.07, 6.45) is 15.2. The van der Waals surface area contributed by atoms with Crippen LogP contribution in [0.15, 0.2) is 12.5 Å². The topological polar surface area (TPSA) is 29.9 Å². The molecule has 3 nitrogen and oxygen atoms in total. The maximum Gasteiger partial charge on any atom is 0.0951 e. The van der Waals surface area contributed by atoms with E-state index in [0.29, 0.717) is 12.1 Å². The SMILES string of the molecule is CC(C1CCCCC1)n1cncc1C1CCCCN1. The van der Waals surface area contributed by atoms with E-state index in [0.717, 1.165) is 12.5 Å². The van der Waals surface area contributed by atoms with Crippen molar-refractivity contribution in [2.24, 2.45) is 5.92 Å². The van der Waals surface area contributed by atoms with Crippen LogP contribution in [0, 0.1) is 5.92 Å². The minimum atomic E-state index is 0.530. The lowest BCUT2D eigenvalue weighted by Crippen LogP contribution is -2.30. The summed E-state index contributed by atoms with van der Waals surface area (Å²) in [5.41, 5.74) is 1.41. The van der Waals surface area contributed by atoms with Gasteiger partial charge < -0.3 is 9.88 Å². The normalized spacial score (nSPS) is 27.3. The molecule has 1 saturated heterocycles. The quantitative estimate of drug-likeness (QED) is 0.896. The van der Waals surface area contributed by atoms with E-state index in [2.05, 4.69) is 34.3 Å². The second-order valence-electron chi connectivity index (χ2n) is 6.37. The third-order valence-electron chi connectivity index (χ3n) is 5.13. The van der Waals surface area contributed by atoms with E-state index in [1.165, 1.54) is 57.1 Å². The molecule has 1 aliphatic carbocycles. The Hall–Kier alpha value is -0.830. The van der Waals surface area contributed by atoms with Gasteiger partial charge in [-0.3, -0.25) is 0 Å². The van der Waals surface area contributed by atoms with Crippen LogP contribution >= 0.6 is 0 Å². The molecule has 2 fully saturated rings. The van der Waals surface area contributed by atoms with Gasteiger partial charge in [0.15, 0.2) is 0 Å². The second kappa shape index (κ2) is 6.08. The third kappa shape index (κ3) is 2.86. The van der Waals surface area contributed by atoms with Gasteiger partial charge >= 0.3 is 0 Å². The zero-order chi connectivity index (χ0) is 13.1. The first-order valence-corrected chi connectivity index (χ1v) is 8.11. The molecule has 1 saturated carbocycles. The van der Waals surface area contributed by atoms with Crippen LogP contribution in [0.1, 0.15) is 76.1 Å². The Balaban J connectivity index is 1.74. The first-order chi connectivity index (χ1) is 9.36. The molecule has 2 atom stereocenters. The monoisotopic (exact) mass is 261 g/mol. The summed E-state index contributed by atoms with van der Waals surface area (Å²) in [6, 6.07) is 1.14. The molecule has 3 rings (SSSR count). The summed E-state index contributed by atoms with van der Waals surface area (Å²) >= 11 is 0. The molecule has 19 heavy (non-hydrogen) atoms. The van der Waals surface area contributed by atoms with Gasteiger partial charge in [-0.2, -0.15) is 0 Å². The Morgan fingerprint density at radius 3 is 2.68 bits per heavy atom. The summed E-state index contributed by atoms with van der Waals surface area (Å²) in [6.45, 7) is 3.55. The van der Waals surface area contributed by atoms with Gasteiger partial charge in [0, 0.05) is 18.3 Å². The van der Waals surface area contributed by atoms with E-state index < -0.39 is 0 Å². The van der Waals surface area contributed by atoms with E-state index in [1.807, 2.05) is 0 Å². The van der Waals surface area contributed by atoms with Gasteiger partial charge in [0.2, 0.25) is 0 Å². The highest BCUT2D eigenvalue weighted by atomic mass is 15.1. The Labute approximate surface area is 116 Å². The summed E-state index contributed by atoms with van der Waals surface area (Å²) in [5, 5.41) is 3.66. The van der Waals surface area contributed by atoms with Crippen molar-refractivity contribution in [3.8, 4) is 0 Å². The first kappa shape index (κ1) is 13.2. The highest BCUT2D eigenvalue weighted by Gasteiger charge is 2.25. The highest BCUT2D eigenvalue weighted by molar-refractivity contribution is 5.08. The Kier molecular flexibility index (Phi) is 4.21. The fourth-order valence-corrected chi connectivity index (χ4v) is 3.87. The standard InChI is InChI=1S/C16H27N3/c1-13(14-7-3-2-4-8-14)19-12-17-11-16(19)15-9-5-6-10-18-15/h11-15,18H,2-10H2,1H3. The van der Waals surface area contributed by atoms with Crippen LogP contribution in [0.4, 0.5) is 0 Å². The minimum Gasteiger partial charge on any atom is -0.330 e. The summed E-state index contributed by atoms with van der Waals surface area (Å²) in [5.74, 6) is 0.852. The van der Waals surface area contributed by atoms with Crippen molar-refractivity contribution < 1.29 is 0 Å². The molecule has 1 aliphatic heterocycles. The van der Waals surface area contributed by atoms with Crippen LogP contribution in [0.25, 0.3) is 0 Å². The molecule has 1 aromatic heterocycles. The number of rotatable bonds is 3. The highest BCUT2D eigenvalue weighted by Crippen LogP contribution is 2.35. The molecule has 2 aliphatic rings. The van der Waals surface area contributed by atoms with E-state index in [4.69, 9.17) is 0 Å². The molecule has 2 unspecified atom stereocenters. The zero-order valence-electron chi connectivity index (χ0n) is 12.1. The molecular formula is C16H27N3. The fraction of sp³-hybridized carbons (Fsp3) is 0.812. The van der Waals surface area contributed by atoms with Crippen molar-refractivity contribution >= 4 is 0 Å². The van der Waals surface area contributed by atoms with Gasteiger partial charge in [-0.1, -0.05) is 25.7 Å². The number of aromatic nitrogens is 2. The molecule has 1 aromatic rings. The average Bonchev–Trinajstić information content (AvgIpc) is 2.98. The number of imidazole rings is 1. The lowest BCUT2D eigenvalue weighted by molar-refractivity contribution is 0.254. The lowest BCUT2D eigenvalue weighted by Gasteiger charge is -2.32. The smallest absolute Gasteiger partial charge is 0.0951 e. The minimum absolute atomic E-state index is 0.530. The van der Waals surface area contributed by atoms with Crippen LogP contribution in [-0.2, 0) is 0 Å². The molecular weight excluding hydrogens is 234 g/mol. The molecule has 0 spiro atoms. The van der Waals surface area contributed by atoms with Crippen molar-refractivity contribution in [1.82, 2.24) is 14.9 Å². The average molecular weight is 261 g/mol. The number of hydrogen-bond donors (Lipinski definition) is 1. The molecule has 106 valence electrons. The zero-order valence-corrected chi connectivity index (χ0v) is 12.1. The van der Waals surface area contributed by atoms with Crippen LogP contribution in [0.5, 0.6) is 0 Å². The summed E-state index contributed by atoms with van der Waals surface area (Å²) < 4.78 is 2.46. The number of piperidine rings is 1. The predicted octanol–water partition coefficient (Wildman–Crippen LogP) is 3.84. The van der Waals surface area contributed by atoms with Gasteiger partial charge in [-0.15, -0.1) is 0 Å². The molecule has 3 heteroatoms. The van der Waals surface area contributed by atoms with E-state index >= 15 is 0 Å². The summed E-state index contributed by atoms with van der Waals surface area (Å²) in [7, 11) is 0. The fourth-order valence-electron chi connectivity index (χ4n) is 3.87. The van der Waals surface area contributed by atoms with E-state index in [-0.39, 0.29) is 0 Å². The molecule has 0 radical (unpaired) electrons. The van der Waals surface area contributed by atoms with Gasteiger partial charge in [0.05, 0.1) is 12.0 Å². The van der Waals surface area contributed by atoms with E-state index in [1.54, 1.807) is 0 Å². The number of hydrogen-bond acceptors (Lipinski definition) is 2. The van der Waals surface area contributed by atoms with E-state index in [9.17, 15) is 0 Å². The van der Waals surface area contributed by atoms with Gasteiger partial charge in [0.1, 0.15) is 0 Å². The Bertz CT molecular complexity index is 386. The maximum atomic E-state index is 4.44. The van der Waals surface area contributed by atoms with Crippen LogP contribution in [0.2, 0.25) is 0 Å². The van der Waals surface area contributed by atoms with Gasteiger partial charge in [-0.25, -0.2) is 4.98 Å². The van der Waals surface area contributed by atoms with Crippen molar-refractivity contribution in [3.63, 3.8) is 0 Å². The summed E-state index contributed by atoms with van der Waals surface area (Å²) in [4.78, 5) is 4.44. The van der Waals surface area contributed by atoms with Gasteiger partial charge in [-0.05, 0) is 45.1 Å². The van der Waals surface area contributed by atoms with Crippen molar-refractivity contribution in [3.05, 3.63) is 18.2 Å². The number of nitrogens with zero attached hydrogens (tertiary/aromatic N) is 2. The van der Waals surface area contributed by atoms with Crippen molar-refractivity contribution in [2.75, 3.05) is 6.54 Å².